The first-order valence-corrected chi connectivity index (χ1v) is 10.6. The Hall–Kier alpha value is -3.16. The molecule has 1 N–H and O–H groups in total. The van der Waals surface area contributed by atoms with Gasteiger partial charge in [0.05, 0.1) is 5.69 Å². The summed E-state index contributed by atoms with van der Waals surface area (Å²) in [6, 6.07) is 25.2. The van der Waals surface area contributed by atoms with Gasteiger partial charge in [-0.15, -0.1) is 5.10 Å². The van der Waals surface area contributed by atoms with Gasteiger partial charge in [0, 0.05) is 16.6 Å². The summed E-state index contributed by atoms with van der Waals surface area (Å²) < 4.78 is 1.65. The molecule has 4 aromatic rings. The van der Waals surface area contributed by atoms with Gasteiger partial charge in [0.25, 0.3) is 0 Å². The summed E-state index contributed by atoms with van der Waals surface area (Å²) in [5.74, 6) is -0.274. The minimum atomic E-state index is -0.450. The lowest BCUT2D eigenvalue weighted by molar-refractivity contribution is -0.116. The molecule has 0 radical (unpaired) electrons. The van der Waals surface area contributed by atoms with Crippen LogP contribution in [0.4, 0.5) is 5.69 Å². The van der Waals surface area contributed by atoms with Gasteiger partial charge in [-0.05, 0) is 45.8 Å². The van der Waals surface area contributed by atoms with Gasteiger partial charge in [0.1, 0.15) is 5.25 Å². The second-order valence-corrected chi connectivity index (χ2v) is 8.40. The van der Waals surface area contributed by atoms with Crippen LogP contribution in [0.2, 0.25) is 5.02 Å². The number of para-hydroxylation sites is 1. The molecule has 0 spiro atoms. The number of anilines is 1. The summed E-state index contributed by atoms with van der Waals surface area (Å²) in [5, 5.41) is 15.8. The summed E-state index contributed by atoms with van der Waals surface area (Å²) in [7, 11) is 0. The molecule has 0 aliphatic carbocycles. The van der Waals surface area contributed by atoms with Gasteiger partial charge >= 0.3 is 0 Å². The molecule has 3 aromatic carbocycles. The molecular formula is C22H16ClN5OS. The number of aromatic nitrogens is 4. The third-order valence-corrected chi connectivity index (χ3v) is 6.44. The first-order chi connectivity index (χ1) is 14.7. The molecule has 1 aliphatic rings. The standard InChI is InChI=1S/C22H16ClN5OS/c23-15-11-12-17-18(13-15)24-21(29)20(19(17)14-7-3-1-4-8-14)30-22-25-26-27-28(22)16-9-5-2-6-10-16/h1-13,19-20H,(H,24,29). The van der Waals surface area contributed by atoms with Crippen molar-refractivity contribution in [2.75, 3.05) is 5.32 Å². The number of nitrogens with one attached hydrogen (secondary N) is 1. The van der Waals surface area contributed by atoms with Crippen LogP contribution in [-0.2, 0) is 4.79 Å². The Morgan fingerprint density at radius 2 is 1.70 bits per heavy atom. The van der Waals surface area contributed by atoms with E-state index >= 15 is 0 Å². The smallest absolute Gasteiger partial charge is 0.238 e. The van der Waals surface area contributed by atoms with Crippen molar-refractivity contribution in [2.45, 2.75) is 16.3 Å². The fraction of sp³-hybridized carbons (Fsp3) is 0.0909. The number of benzene rings is 3. The average Bonchev–Trinajstić information content (AvgIpc) is 3.24. The maximum atomic E-state index is 13.2. The van der Waals surface area contributed by atoms with Crippen molar-refractivity contribution in [2.24, 2.45) is 0 Å². The van der Waals surface area contributed by atoms with E-state index in [-0.39, 0.29) is 11.8 Å². The number of amides is 1. The summed E-state index contributed by atoms with van der Waals surface area (Å²) >= 11 is 7.53. The van der Waals surface area contributed by atoms with E-state index in [9.17, 15) is 4.79 Å². The van der Waals surface area contributed by atoms with Gasteiger partial charge in [-0.25, -0.2) is 0 Å². The van der Waals surface area contributed by atoms with Crippen molar-refractivity contribution < 1.29 is 4.79 Å². The zero-order chi connectivity index (χ0) is 20.5. The second kappa shape index (κ2) is 7.93. The number of rotatable bonds is 4. The molecule has 0 saturated heterocycles. The second-order valence-electron chi connectivity index (χ2n) is 6.86. The number of hydrogen-bond acceptors (Lipinski definition) is 5. The highest BCUT2D eigenvalue weighted by atomic mass is 35.5. The number of carbonyl (C=O) groups excluding carboxylic acids is 1. The number of thioether (sulfide) groups is 1. The van der Waals surface area contributed by atoms with Crippen LogP contribution in [-0.4, -0.2) is 31.4 Å². The van der Waals surface area contributed by atoms with Crippen molar-refractivity contribution in [3.63, 3.8) is 0 Å². The van der Waals surface area contributed by atoms with Gasteiger partial charge in [-0.3, -0.25) is 4.79 Å². The maximum absolute atomic E-state index is 13.2. The Labute approximate surface area is 182 Å². The predicted molar refractivity (Wildman–Crippen MR) is 117 cm³/mol. The van der Waals surface area contributed by atoms with E-state index in [0.29, 0.717) is 10.2 Å². The van der Waals surface area contributed by atoms with Crippen LogP contribution in [0, 0.1) is 0 Å². The Balaban J connectivity index is 1.58. The Morgan fingerprint density at radius 3 is 2.47 bits per heavy atom. The number of hydrogen-bond donors (Lipinski definition) is 1. The zero-order valence-corrected chi connectivity index (χ0v) is 17.2. The quantitative estimate of drug-likeness (QED) is 0.510. The summed E-state index contributed by atoms with van der Waals surface area (Å²) in [5.41, 5.74) is 3.64. The molecule has 30 heavy (non-hydrogen) atoms. The summed E-state index contributed by atoms with van der Waals surface area (Å²) in [6.07, 6.45) is 0. The van der Waals surface area contributed by atoms with Crippen LogP contribution in [0.1, 0.15) is 17.0 Å². The molecule has 2 unspecified atom stereocenters. The van der Waals surface area contributed by atoms with E-state index in [1.165, 1.54) is 11.8 Å². The van der Waals surface area contributed by atoms with E-state index < -0.39 is 5.25 Å². The van der Waals surface area contributed by atoms with Gasteiger partial charge in [0.2, 0.25) is 11.1 Å². The number of nitrogens with zero attached hydrogens (tertiary/aromatic N) is 4. The number of fused-ring (bicyclic) bond motifs is 1. The fourth-order valence-corrected chi connectivity index (χ4v) is 4.99. The molecule has 2 atom stereocenters. The topological polar surface area (TPSA) is 72.7 Å². The molecule has 2 heterocycles. The number of halogens is 1. The van der Waals surface area contributed by atoms with E-state index in [0.717, 1.165) is 22.5 Å². The number of tetrazole rings is 1. The largest absolute Gasteiger partial charge is 0.325 e. The van der Waals surface area contributed by atoms with Gasteiger partial charge < -0.3 is 5.32 Å². The van der Waals surface area contributed by atoms with Crippen LogP contribution in [0.15, 0.2) is 84.0 Å². The monoisotopic (exact) mass is 433 g/mol. The van der Waals surface area contributed by atoms with Crippen LogP contribution in [0.3, 0.4) is 0 Å². The molecule has 8 heteroatoms. The van der Waals surface area contributed by atoms with Crippen molar-refractivity contribution in [1.82, 2.24) is 20.2 Å². The van der Waals surface area contributed by atoms with Crippen molar-refractivity contribution in [3.8, 4) is 5.69 Å². The molecule has 6 nitrogen and oxygen atoms in total. The Morgan fingerprint density at radius 1 is 0.967 bits per heavy atom. The molecule has 148 valence electrons. The van der Waals surface area contributed by atoms with E-state index in [1.54, 1.807) is 10.7 Å². The lowest BCUT2D eigenvalue weighted by atomic mass is 9.84. The minimum Gasteiger partial charge on any atom is -0.325 e. The van der Waals surface area contributed by atoms with Crippen LogP contribution in [0.5, 0.6) is 0 Å². The Bertz CT molecular complexity index is 1200. The molecule has 0 fully saturated rings. The summed E-state index contributed by atoms with van der Waals surface area (Å²) in [4.78, 5) is 13.2. The molecule has 1 aliphatic heterocycles. The zero-order valence-electron chi connectivity index (χ0n) is 15.6. The lowest BCUT2D eigenvalue weighted by Crippen LogP contribution is -2.36. The van der Waals surface area contributed by atoms with Crippen molar-refractivity contribution in [3.05, 3.63) is 95.0 Å². The third-order valence-electron chi connectivity index (χ3n) is 5.00. The van der Waals surface area contributed by atoms with E-state index in [4.69, 9.17) is 11.6 Å². The molecule has 1 amide bonds. The van der Waals surface area contributed by atoms with Gasteiger partial charge in [-0.2, -0.15) is 4.68 Å². The average molecular weight is 434 g/mol. The predicted octanol–water partition coefficient (Wildman–Crippen LogP) is 4.56. The SMILES string of the molecule is O=C1Nc2cc(Cl)ccc2C(c2ccccc2)C1Sc1nnnn1-c1ccccc1. The van der Waals surface area contributed by atoms with Gasteiger partial charge in [0.15, 0.2) is 0 Å². The van der Waals surface area contributed by atoms with E-state index in [2.05, 4.69) is 20.8 Å². The normalized spacial score (nSPS) is 18.0. The van der Waals surface area contributed by atoms with Crippen LogP contribution >= 0.6 is 23.4 Å². The Kier molecular flexibility index (Phi) is 4.98. The minimum absolute atomic E-state index is 0.105. The molecule has 5 rings (SSSR count). The molecule has 1 aromatic heterocycles. The lowest BCUT2D eigenvalue weighted by Gasteiger charge is -2.32. The fourth-order valence-electron chi connectivity index (χ4n) is 3.66. The van der Waals surface area contributed by atoms with E-state index in [1.807, 2.05) is 72.8 Å². The van der Waals surface area contributed by atoms with Crippen LogP contribution < -0.4 is 5.32 Å². The van der Waals surface area contributed by atoms with Crippen LogP contribution in [0.25, 0.3) is 5.69 Å². The molecule has 0 bridgehead atoms. The van der Waals surface area contributed by atoms with Crippen molar-refractivity contribution >= 4 is 35.0 Å². The highest BCUT2D eigenvalue weighted by molar-refractivity contribution is 8.00. The third kappa shape index (κ3) is 3.46. The maximum Gasteiger partial charge on any atom is 0.238 e. The first kappa shape index (κ1) is 18.8. The highest BCUT2D eigenvalue weighted by Gasteiger charge is 2.39. The molecular weight excluding hydrogens is 418 g/mol. The molecule has 0 saturated carbocycles. The summed E-state index contributed by atoms with van der Waals surface area (Å²) in [6.45, 7) is 0. The van der Waals surface area contributed by atoms with Crippen molar-refractivity contribution in [1.29, 1.82) is 0 Å². The highest BCUT2D eigenvalue weighted by Crippen LogP contribution is 2.44. The van der Waals surface area contributed by atoms with Gasteiger partial charge in [-0.1, -0.05) is 78.0 Å². The first-order valence-electron chi connectivity index (χ1n) is 9.36. The number of carbonyl (C=O) groups is 1.